The summed E-state index contributed by atoms with van der Waals surface area (Å²) >= 11 is 0. The summed E-state index contributed by atoms with van der Waals surface area (Å²) in [4.78, 5) is 0. The van der Waals surface area contributed by atoms with Crippen LogP contribution in [-0.2, 0) is 23.3 Å². The van der Waals surface area contributed by atoms with E-state index < -0.39 is 0 Å². The van der Waals surface area contributed by atoms with Crippen molar-refractivity contribution in [2.45, 2.75) is 84.5 Å². The van der Waals surface area contributed by atoms with Crippen LogP contribution in [0.2, 0.25) is 0 Å². The van der Waals surface area contributed by atoms with E-state index in [2.05, 4.69) is 122 Å². The Morgan fingerprint density at radius 3 is 2.07 bits per heavy atom. The Morgan fingerprint density at radius 2 is 1.44 bits per heavy atom. The van der Waals surface area contributed by atoms with Crippen LogP contribution in [0.25, 0.3) is 44.3 Å². The quantitative estimate of drug-likeness (QED) is 0.209. The summed E-state index contributed by atoms with van der Waals surface area (Å²) in [5, 5.41) is 12.6. The minimum absolute atomic E-state index is 0.00831. The van der Waals surface area contributed by atoms with E-state index >= 15 is 0 Å². The second-order valence-electron chi connectivity index (χ2n) is 14.3. The average molecular weight is 542 g/mol. The Kier molecular flexibility index (Phi) is 6.02. The van der Waals surface area contributed by atoms with Crippen molar-refractivity contribution >= 4 is 21.9 Å². The van der Waals surface area contributed by atoms with Crippen LogP contribution < -0.4 is 4.57 Å². The van der Waals surface area contributed by atoms with Crippen molar-refractivity contribution in [2.75, 3.05) is 0 Å². The topological polar surface area (TPSA) is 40.8 Å². The molecule has 0 atom stereocenters. The van der Waals surface area contributed by atoms with E-state index in [1.165, 1.54) is 16.7 Å². The van der Waals surface area contributed by atoms with Gasteiger partial charge in [0.15, 0.2) is 6.20 Å². The molecule has 5 aromatic rings. The first-order valence-corrected chi connectivity index (χ1v) is 14.8. The van der Waals surface area contributed by atoms with Crippen molar-refractivity contribution in [3.05, 3.63) is 88.6 Å². The molecule has 1 aliphatic rings. The molecule has 0 bridgehead atoms. The van der Waals surface area contributed by atoms with Gasteiger partial charge in [-0.05, 0) is 82.0 Å². The van der Waals surface area contributed by atoms with Gasteiger partial charge in [-0.15, -0.1) is 0 Å². The smallest absolute Gasteiger partial charge is 0.216 e. The molecule has 41 heavy (non-hydrogen) atoms. The van der Waals surface area contributed by atoms with Crippen molar-refractivity contribution in [3.63, 3.8) is 0 Å². The maximum Gasteiger partial charge on any atom is 0.216 e. The van der Waals surface area contributed by atoms with Gasteiger partial charge in [-0.3, -0.25) is 0 Å². The van der Waals surface area contributed by atoms with E-state index in [1.54, 1.807) is 0 Å². The number of aryl methyl sites for hydroxylation is 2. The van der Waals surface area contributed by atoms with E-state index in [1.807, 2.05) is 12.1 Å². The van der Waals surface area contributed by atoms with E-state index in [4.69, 9.17) is 4.42 Å². The summed E-state index contributed by atoms with van der Waals surface area (Å²) in [6, 6.07) is 21.8. The van der Waals surface area contributed by atoms with E-state index in [0.717, 1.165) is 62.7 Å². The average Bonchev–Trinajstić information content (AvgIpc) is 3.28. The van der Waals surface area contributed by atoms with Crippen molar-refractivity contribution < 1.29 is 8.98 Å². The zero-order valence-electron chi connectivity index (χ0n) is 26.0. The second-order valence-corrected chi connectivity index (χ2v) is 14.3. The lowest BCUT2D eigenvalue weighted by atomic mass is 9.58. The number of nitriles is 1. The Hall–Kier alpha value is -3.90. The maximum atomic E-state index is 10.5. The van der Waals surface area contributed by atoms with Gasteiger partial charge in [0, 0.05) is 28.5 Å². The molecule has 3 nitrogen and oxygen atoms in total. The third-order valence-corrected chi connectivity index (χ3v) is 9.46. The lowest BCUT2D eigenvalue weighted by Gasteiger charge is -2.46. The predicted octanol–water partition coefficient (Wildman–Crippen LogP) is 9.57. The van der Waals surface area contributed by atoms with E-state index in [9.17, 15) is 5.26 Å². The molecule has 0 aliphatic heterocycles. The van der Waals surface area contributed by atoms with Crippen LogP contribution in [0.5, 0.6) is 0 Å². The first kappa shape index (κ1) is 27.3. The Bertz CT molecular complexity index is 1900. The molecule has 0 unspecified atom stereocenters. The van der Waals surface area contributed by atoms with Crippen LogP contribution in [0.4, 0.5) is 0 Å². The van der Waals surface area contributed by atoms with Crippen LogP contribution >= 0.6 is 0 Å². The maximum absolute atomic E-state index is 10.5. The highest BCUT2D eigenvalue weighted by Crippen LogP contribution is 2.54. The van der Waals surface area contributed by atoms with Crippen LogP contribution in [0.15, 0.2) is 65.2 Å². The molecule has 3 heteroatoms. The highest BCUT2D eigenvalue weighted by molar-refractivity contribution is 6.14. The van der Waals surface area contributed by atoms with E-state index in [0.29, 0.717) is 5.56 Å². The number of hydrogen-bond donors (Lipinski definition) is 0. The number of rotatable bonds is 2. The summed E-state index contributed by atoms with van der Waals surface area (Å²) in [7, 11) is 2.07. The molecule has 1 aliphatic carbocycles. The molecule has 0 saturated carbocycles. The van der Waals surface area contributed by atoms with Gasteiger partial charge in [-0.1, -0.05) is 72.7 Å². The summed E-state index contributed by atoms with van der Waals surface area (Å²) < 4.78 is 9.09. The number of aromatic nitrogens is 1. The lowest BCUT2D eigenvalue weighted by Crippen LogP contribution is -2.37. The van der Waals surface area contributed by atoms with Crippen LogP contribution in [-0.4, -0.2) is 0 Å². The van der Waals surface area contributed by atoms with Gasteiger partial charge in [0.05, 0.1) is 17.2 Å². The zero-order valence-corrected chi connectivity index (χ0v) is 26.0. The summed E-state index contributed by atoms with van der Waals surface area (Å²) in [6.45, 7) is 18.6. The third-order valence-electron chi connectivity index (χ3n) is 9.46. The summed E-state index contributed by atoms with van der Waals surface area (Å²) in [6.07, 6.45) is 4.30. The molecule has 3 aromatic carbocycles. The van der Waals surface area contributed by atoms with Crippen molar-refractivity contribution in [2.24, 2.45) is 7.05 Å². The van der Waals surface area contributed by atoms with Gasteiger partial charge >= 0.3 is 0 Å². The minimum Gasteiger partial charge on any atom is -0.454 e. The molecular weight excluding hydrogens is 500 g/mol. The highest BCUT2D eigenvalue weighted by atomic mass is 16.3. The number of hydrogen-bond acceptors (Lipinski definition) is 2. The largest absolute Gasteiger partial charge is 0.454 e. The molecule has 208 valence electrons. The molecule has 0 spiro atoms. The van der Waals surface area contributed by atoms with Crippen molar-refractivity contribution in [3.8, 4) is 28.5 Å². The molecule has 0 fully saturated rings. The minimum atomic E-state index is -0.0398. The number of fused-ring (bicyclic) bond motifs is 4. The lowest BCUT2D eigenvalue weighted by molar-refractivity contribution is -0.660. The molecule has 2 aromatic heterocycles. The van der Waals surface area contributed by atoms with Gasteiger partial charge in [-0.2, -0.15) is 5.26 Å². The van der Waals surface area contributed by atoms with Gasteiger partial charge < -0.3 is 4.42 Å². The Labute approximate surface area is 244 Å². The first-order valence-electron chi connectivity index (χ1n) is 14.8. The van der Waals surface area contributed by atoms with Crippen LogP contribution in [0.3, 0.4) is 0 Å². The van der Waals surface area contributed by atoms with Gasteiger partial charge in [0.25, 0.3) is 0 Å². The van der Waals surface area contributed by atoms with Crippen molar-refractivity contribution in [1.29, 1.82) is 5.26 Å². The fourth-order valence-corrected chi connectivity index (χ4v) is 7.18. The normalized spacial score (nSPS) is 16.1. The molecule has 0 saturated heterocycles. The Morgan fingerprint density at radius 1 is 0.805 bits per heavy atom. The second kappa shape index (κ2) is 9.05. The summed E-state index contributed by atoms with van der Waals surface area (Å²) in [5.41, 5.74) is 12.0. The van der Waals surface area contributed by atoms with Crippen LogP contribution in [0, 0.1) is 18.3 Å². The molecule has 0 amide bonds. The first-order chi connectivity index (χ1) is 19.3. The van der Waals surface area contributed by atoms with Gasteiger partial charge in [-0.25, -0.2) is 4.57 Å². The molecule has 0 radical (unpaired) electrons. The fourth-order valence-electron chi connectivity index (χ4n) is 7.18. The molecule has 6 rings (SSSR count). The molecular formula is C38H41N2O+. The standard InChI is InChI=1S/C38H41N2O/c1-23-13-15-25-26-16-14-24(22-39)31(35(26)41-34(25)30(23)29-12-10-11-21-40(29)9)27-17-18-28(36(2,3)4)33-32(27)37(5,6)19-20-38(33,7)8/h10-18,21H,19-20H2,1-9H3/q+1. The third kappa shape index (κ3) is 4.11. The molecule has 2 heterocycles. The SMILES string of the molecule is Cc1ccc2c(oc3c(-c4ccc(C(C)(C)C)c5c4C(C)(C)CCC5(C)C)c(C#N)ccc32)c1-c1cccc[n+]1C. The number of pyridine rings is 1. The summed E-state index contributed by atoms with van der Waals surface area (Å²) in [5.74, 6) is 0. The molecule has 0 N–H and O–H groups in total. The Balaban J connectivity index is 1.78. The number of furan rings is 1. The van der Waals surface area contributed by atoms with Crippen LogP contribution in [0.1, 0.15) is 89.1 Å². The number of nitrogens with zero attached hydrogens (tertiary/aromatic N) is 2. The van der Waals surface area contributed by atoms with E-state index in [-0.39, 0.29) is 16.2 Å². The highest BCUT2D eigenvalue weighted by Gasteiger charge is 2.42. The predicted molar refractivity (Wildman–Crippen MR) is 169 cm³/mol. The zero-order chi connectivity index (χ0) is 29.5. The monoisotopic (exact) mass is 541 g/mol. The van der Waals surface area contributed by atoms with Gasteiger partial charge in [0.1, 0.15) is 18.2 Å². The van der Waals surface area contributed by atoms with Gasteiger partial charge in [0.2, 0.25) is 5.69 Å². The fraction of sp³-hybridized carbons (Fsp3) is 0.368. The van der Waals surface area contributed by atoms with Crippen molar-refractivity contribution in [1.82, 2.24) is 0 Å². The number of benzene rings is 3.